The second-order valence-corrected chi connectivity index (χ2v) is 6.27. The number of methoxy groups -OCH3 is 2. The van der Waals surface area contributed by atoms with Gasteiger partial charge in [0.25, 0.3) is 0 Å². The number of rotatable bonds is 5. The van der Waals surface area contributed by atoms with Crippen LogP contribution in [0, 0.1) is 0 Å². The first-order chi connectivity index (χ1) is 11.1. The third kappa shape index (κ3) is 4.51. The van der Waals surface area contributed by atoms with Gasteiger partial charge in [0.1, 0.15) is 18.0 Å². The van der Waals surface area contributed by atoms with Gasteiger partial charge in [-0.2, -0.15) is 0 Å². The van der Waals surface area contributed by atoms with Crippen LogP contribution >= 0.6 is 15.9 Å². The van der Waals surface area contributed by atoms with Crippen molar-refractivity contribution in [3.63, 3.8) is 0 Å². The van der Waals surface area contributed by atoms with Crippen LogP contribution in [0.4, 0.5) is 4.79 Å². The molecule has 23 heavy (non-hydrogen) atoms. The van der Waals surface area contributed by atoms with Crippen molar-refractivity contribution in [3.8, 4) is 11.5 Å². The van der Waals surface area contributed by atoms with Gasteiger partial charge in [0, 0.05) is 11.6 Å². The van der Waals surface area contributed by atoms with Crippen LogP contribution in [0.3, 0.4) is 0 Å². The van der Waals surface area contributed by atoms with E-state index in [1.165, 1.54) is 4.90 Å². The van der Waals surface area contributed by atoms with Crippen LogP contribution < -0.4 is 14.4 Å². The van der Waals surface area contributed by atoms with Gasteiger partial charge < -0.3 is 19.1 Å². The fourth-order valence-electron chi connectivity index (χ4n) is 2.73. The molecule has 0 saturated carbocycles. The maximum absolute atomic E-state index is 11.7. The van der Waals surface area contributed by atoms with Crippen LogP contribution in [-0.4, -0.2) is 58.0 Å². The SMILES string of the molecule is CCOC(=O)N1CC[NH+](Cc2cc(Br)c(OC)cc2OC)CC1. The standard InChI is InChI=1S/C16H23BrN2O4/c1-4-23-16(20)19-7-5-18(6-8-19)11-12-9-13(17)15(22-3)10-14(12)21-2/h9-10H,4-8,11H2,1-3H3/p+1. The Hall–Kier alpha value is -1.47. The number of benzene rings is 1. The molecule has 6 nitrogen and oxygen atoms in total. The van der Waals surface area contributed by atoms with Gasteiger partial charge in [0.2, 0.25) is 0 Å². The lowest BCUT2D eigenvalue weighted by Crippen LogP contribution is -3.13. The number of carbonyl (C=O) groups is 1. The topological polar surface area (TPSA) is 52.4 Å². The molecule has 128 valence electrons. The van der Waals surface area contributed by atoms with Crippen LogP contribution in [0.25, 0.3) is 0 Å². The zero-order valence-corrected chi connectivity index (χ0v) is 15.4. The van der Waals surface area contributed by atoms with E-state index in [0.29, 0.717) is 19.7 Å². The molecular formula is C16H24BrN2O4+. The van der Waals surface area contributed by atoms with Crippen LogP contribution in [0.1, 0.15) is 12.5 Å². The van der Waals surface area contributed by atoms with E-state index in [1.54, 1.807) is 19.1 Å². The normalized spacial score (nSPS) is 15.4. The van der Waals surface area contributed by atoms with Gasteiger partial charge in [-0.25, -0.2) is 4.79 Å². The molecule has 0 aromatic heterocycles. The molecule has 2 rings (SSSR count). The zero-order chi connectivity index (χ0) is 16.8. The third-order valence-electron chi connectivity index (χ3n) is 3.99. The van der Waals surface area contributed by atoms with Gasteiger partial charge >= 0.3 is 6.09 Å². The monoisotopic (exact) mass is 387 g/mol. The molecule has 0 radical (unpaired) electrons. The van der Waals surface area contributed by atoms with Gasteiger partial charge in [0.05, 0.1) is 51.5 Å². The number of carbonyl (C=O) groups excluding carboxylic acids is 1. The Morgan fingerprint density at radius 1 is 1.22 bits per heavy atom. The lowest BCUT2D eigenvalue weighted by Gasteiger charge is -2.31. The van der Waals surface area contributed by atoms with Crippen molar-refractivity contribution in [3.05, 3.63) is 22.2 Å². The lowest BCUT2D eigenvalue weighted by atomic mass is 10.1. The van der Waals surface area contributed by atoms with Gasteiger partial charge in [-0.1, -0.05) is 0 Å². The number of nitrogens with one attached hydrogen (secondary N) is 1. The first-order valence-electron chi connectivity index (χ1n) is 7.74. The molecule has 1 aliphatic heterocycles. The maximum atomic E-state index is 11.7. The van der Waals surface area contributed by atoms with E-state index in [0.717, 1.165) is 41.2 Å². The molecular weight excluding hydrogens is 364 g/mol. The Bertz CT molecular complexity index is 545. The van der Waals surface area contributed by atoms with Crippen LogP contribution in [-0.2, 0) is 11.3 Å². The molecule has 1 aliphatic rings. The van der Waals surface area contributed by atoms with Crippen molar-refractivity contribution in [1.82, 2.24) is 4.90 Å². The number of quaternary nitrogens is 1. The summed E-state index contributed by atoms with van der Waals surface area (Å²) in [6.45, 7) is 6.32. The molecule has 1 heterocycles. The van der Waals surface area contributed by atoms with Crippen molar-refractivity contribution >= 4 is 22.0 Å². The van der Waals surface area contributed by atoms with Gasteiger partial charge in [-0.15, -0.1) is 0 Å². The number of hydrogen-bond donors (Lipinski definition) is 1. The maximum Gasteiger partial charge on any atom is 0.410 e. The summed E-state index contributed by atoms with van der Waals surface area (Å²) in [6, 6.07) is 3.94. The lowest BCUT2D eigenvalue weighted by molar-refractivity contribution is -0.917. The van der Waals surface area contributed by atoms with E-state index in [9.17, 15) is 4.79 Å². The number of hydrogen-bond acceptors (Lipinski definition) is 4. The highest BCUT2D eigenvalue weighted by Gasteiger charge is 2.25. The summed E-state index contributed by atoms with van der Waals surface area (Å²) in [5.41, 5.74) is 1.12. The summed E-state index contributed by atoms with van der Waals surface area (Å²) in [5.74, 6) is 1.58. The van der Waals surface area contributed by atoms with Gasteiger partial charge in [-0.05, 0) is 28.9 Å². The quantitative estimate of drug-likeness (QED) is 0.827. The number of amides is 1. The summed E-state index contributed by atoms with van der Waals surface area (Å²) in [5, 5.41) is 0. The number of halogens is 1. The van der Waals surface area contributed by atoms with Crippen LogP contribution in [0.5, 0.6) is 11.5 Å². The van der Waals surface area contributed by atoms with E-state index in [1.807, 2.05) is 19.1 Å². The molecule has 1 aromatic rings. The summed E-state index contributed by atoms with van der Waals surface area (Å²) < 4.78 is 16.7. The molecule has 0 atom stereocenters. The molecule has 0 spiro atoms. The summed E-state index contributed by atoms with van der Waals surface area (Å²) >= 11 is 3.52. The van der Waals surface area contributed by atoms with Gasteiger partial charge in [0.15, 0.2) is 0 Å². The second-order valence-electron chi connectivity index (χ2n) is 5.41. The number of ether oxygens (including phenoxy) is 3. The van der Waals surface area contributed by atoms with E-state index in [2.05, 4.69) is 15.9 Å². The van der Waals surface area contributed by atoms with Crippen molar-refractivity contribution in [2.45, 2.75) is 13.5 Å². The van der Waals surface area contributed by atoms with Crippen molar-refractivity contribution in [2.75, 3.05) is 47.0 Å². The molecule has 7 heteroatoms. The number of nitrogens with zero attached hydrogens (tertiary/aromatic N) is 1. The minimum absolute atomic E-state index is 0.212. The van der Waals surface area contributed by atoms with Crippen molar-refractivity contribution in [1.29, 1.82) is 0 Å². The molecule has 1 amide bonds. The number of piperazine rings is 1. The summed E-state index contributed by atoms with van der Waals surface area (Å²) in [7, 11) is 3.30. The Morgan fingerprint density at radius 2 is 1.87 bits per heavy atom. The van der Waals surface area contributed by atoms with E-state index >= 15 is 0 Å². The van der Waals surface area contributed by atoms with Crippen molar-refractivity contribution in [2.24, 2.45) is 0 Å². The Kier molecular flexibility index (Phi) is 6.53. The second kappa shape index (κ2) is 8.40. The fourth-order valence-corrected chi connectivity index (χ4v) is 3.28. The molecule has 1 fully saturated rings. The van der Waals surface area contributed by atoms with Crippen LogP contribution in [0.2, 0.25) is 0 Å². The Balaban J connectivity index is 1.99. The molecule has 1 saturated heterocycles. The van der Waals surface area contributed by atoms with Crippen LogP contribution in [0.15, 0.2) is 16.6 Å². The van der Waals surface area contributed by atoms with Crippen molar-refractivity contribution < 1.29 is 23.9 Å². The van der Waals surface area contributed by atoms with E-state index in [4.69, 9.17) is 14.2 Å². The Morgan fingerprint density at radius 3 is 2.43 bits per heavy atom. The predicted molar refractivity (Wildman–Crippen MR) is 90.2 cm³/mol. The van der Waals surface area contributed by atoms with E-state index < -0.39 is 0 Å². The molecule has 0 bridgehead atoms. The summed E-state index contributed by atoms with van der Waals surface area (Å²) in [4.78, 5) is 14.9. The molecule has 0 aliphatic carbocycles. The minimum Gasteiger partial charge on any atom is -0.496 e. The highest BCUT2D eigenvalue weighted by atomic mass is 79.9. The average molecular weight is 388 g/mol. The highest BCUT2D eigenvalue weighted by Crippen LogP contribution is 2.32. The molecule has 0 unspecified atom stereocenters. The highest BCUT2D eigenvalue weighted by molar-refractivity contribution is 9.10. The first-order valence-corrected chi connectivity index (χ1v) is 8.54. The Labute approximate surface area is 145 Å². The largest absolute Gasteiger partial charge is 0.496 e. The molecule has 1 aromatic carbocycles. The smallest absolute Gasteiger partial charge is 0.410 e. The minimum atomic E-state index is -0.212. The van der Waals surface area contributed by atoms with E-state index in [-0.39, 0.29) is 6.09 Å². The van der Waals surface area contributed by atoms with Gasteiger partial charge in [-0.3, -0.25) is 4.90 Å². The third-order valence-corrected chi connectivity index (χ3v) is 4.61. The average Bonchev–Trinajstić information content (AvgIpc) is 2.56. The predicted octanol–water partition coefficient (Wildman–Crippen LogP) is 1.32. The zero-order valence-electron chi connectivity index (χ0n) is 13.9. The molecule has 1 N–H and O–H groups in total. The summed E-state index contributed by atoms with van der Waals surface area (Å²) in [6.07, 6.45) is -0.212. The first kappa shape index (κ1) is 17.9. The fraction of sp³-hybridized carbons (Fsp3) is 0.562.